The Balaban J connectivity index is 2.03. The molecule has 3 rings (SSSR count). The minimum Gasteiger partial charge on any atom is -0.543 e. The second kappa shape index (κ2) is 8.47. The number of ether oxygens (including phenoxy) is 1. The van der Waals surface area contributed by atoms with Crippen molar-refractivity contribution in [3.05, 3.63) is 23.3 Å². The van der Waals surface area contributed by atoms with Crippen LogP contribution < -0.4 is 9.16 Å². The van der Waals surface area contributed by atoms with Gasteiger partial charge in [-0.15, -0.1) is 0 Å². The van der Waals surface area contributed by atoms with Crippen molar-refractivity contribution in [3.63, 3.8) is 0 Å². The molecule has 0 saturated heterocycles. The zero-order valence-electron chi connectivity index (χ0n) is 18.7. The minimum atomic E-state index is -1.93. The van der Waals surface area contributed by atoms with E-state index in [1.54, 1.807) is 0 Å². The maximum atomic E-state index is 6.91. The lowest BCUT2D eigenvalue weighted by molar-refractivity contribution is 0.314. The van der Waals surface area contributed by atoms with Crippen LogP contribution in [0.2, 0.25) is 18.1 Å². The van der Waals surface area contributed by atoms with Gasteiger partial charge in [-0.25, -0.2) is 0 Å². The van der Waals surface area contributed by atoms with E-state index in [2.05, 4.69) is 52.9 Å². The van der Waals surface area contributed by atoms with Crippen molar-refractivity contribution in [2.45, 2.75) is 103 Å². The van der Waals surface area contributed by atoms with Crippen molar-refractivity contribution in [1.82, 2.24) is 0 Å². The second-order valence-corrected chi connectivity index (χ2v) is 15.4. The highest BCUT2D eigenvalue weighted by atomic mass is 32.1. The molecule has 156 valence electrons. The average Bonchev–Trinajstić information content (AvgIpc) is 2.60. The summed E-state index contributed by atoms with van der Waals surface area (Å²) >= 11 is 5.69. The van der Waals surface area contributed by atoms with Gasteiger partial charge in [0.2, 0.25) is 8.32 Å². The Kier molecular flexibility index (Phi) is 6.60. The van der Waals surface area contributed by atoms with Crippen LogP contribution >= 0.6 is 12.2 Å². The molecule has 0 unspecified atom stereocenters. The Labute approximate surface area is 178 Å². The Morgan fingerprint density at radius 1 is 1.11 bits per heavy atom. The molecule has 1 aliphatic carbocycles. The van der Waals surface area contributed by atoms with Crippen LogP contribution in [0, 0.1) is 5.92 Å². The fourth-order valence-corrected chi connectivity index (χ4v) is 5.68. The highest BCUT2D eigenvalue weighted by molar-refractivity contribution is 7.80. The summed E-state index contributed by atoms with van der Waals surface area (Å²) in [6.45, 7) is 13.9. The maximum Gasteiger partial charge on any atom is 0.250 e. The smallest absolute Gasteiger partial charge is 0.250 e. The lowest BCUT2D eigenvalue weighted by atomic mass is 9.73. The minimum absolute atomic E-state index is 0.175. The summed E-state index contributed by atoms with van der Waals surface area (Å²) < 4.78 is 13.2. The first-order valence-corrected chi connectivity index (χ1v) is 14.5. The zero-order chi connectivity index (χ0) is 20.5. The van der Waals surface area contributed by atoms with Gasteiger partial charge in [-0.1, -0.05) is 53.4 Å². The molecule has 1 aromatic carbocycles. The summed E-state index contributed by atoms with van der Waals surface area (Å²) in [5, 5.41) is 0.982. The van der Waals surface area contributed by atoms with E-state index in [1.165, 1.54) is 49.7 Å². The van der Waals surface area contributed by atoms with E-state index in [9.17, 15) is 0 Å². The molecule has 0 bridgehead atoms. The van der Waals surface area contributed by atoms with E-state index in [0.717, 1.165) is 29.4 Å². The van der Waals surface area contributed by atoms with E-state index in [4.69, 9.17) is 21.4 Å². The summed E-state index contributed by atoms with van der Waals surface area (Å²) in [7, 11) is -1.93. The largest absolute Gasteiger partial charge is 0.543 e. The third-order valence-corrected chi connectivity index (χ3v) is 11.8. The quantitative estimate of drug-likeness (QED) is 0.267. The first kappa shape index (κ1) is 21.8. The Morgan fingerprint density at radius 2 is 1.79 bits per heavy atom. The predicted molar refractivity (Wildman–Crippen MR) is 125 cm³/mol. The molecule has 1 heterocycles. The molecule has 28 heavy (non-hydrogen) atoms. The second-order valence-electron chi connectivity index (χ2n) is 10.2. The number of aryl methyl sites for hydroxylation is 1. The molecule has 2 atom stereocenters. The molecule has 0 spiro atoms. The van der Waals surface area contributed by atoms with Crippen LogP contribution in [0.15, 0.2) is 12.1 Å². The summed E-state index contributed by atoms with van der Waals surface area (Å²) in [6.07, 6.45) is 9.69. The van der Waals surface area contributed by atoms with E-state index < -0.39 is 8.32 Å². The van der Waals surface area contributed by atoms with E-state index in [1.807, 2.05) is 0 Å². The summed E-state index contributed by atoms with van der Waals surface area (Å²) in [5.41, 5.74) is 2.64. The van der Waals surface area contributed by atoms with Crippen LogP contribution in [-0.2, 0) is 6.42 Å². The van der Waals surface area contributed by atoms with E-state index >= 15 is 0 Å². The molecule has 1 saturated carbocycles. The molecule has 0 N–H and O–H groups in total. The van der Waals surface area contributed by atoms with Crippen LogP contribution in [0.25, 0.3) is 0 Å². The van der Waals surface area contributed by atoms with E-state index in [-0.39, 0.29) is 5.04 Å². The number of benzene rings is 1. The number of thiocarbonyl (C=S) groups is 1. The molecule has 1 aliphatic heterocycles. The van der Waals surface area contributed by atoms with Crippen molar-refractivity contribution < 1.29 is 9.16 Å². The predicted octanol–water partition coefficient (Wildman–Crippen LogP) is 7.80. The third-order valence-electron chi connectivity index (χ3n) is 7.05. The Morgan fingerprint density at radius 3 is 2.43 bits per heavy atom. The number of rotatable bonds is 6. The van der Waals surface area contributed by atoms with Gasteiger partial charge >= 0.3 is 0 Å². The van der Waals surface area contributed by atoms with Crippen LogP contribution in [0.3, 0.4) is 0 Å². The van der Waals surface area contributed by atoms with Gasteiger partial charge in [0, 0.05) is 17.4 Å². The number of unbranched alkanes of at least 4 members (excludes halogenated alkanes) is 2. The Hall–Kier alpha value is -0.873. The number of hydrogen-bond acceptors (Lipinski definition) is 3. The Bertz CT molecular complexity index is 720. The lowest BCUT2D eigenvalue weighted by Crippen LogP contribution is -2.44. The fourth-order valence-electron chi connectivity index (χ4n) is 4.28. The van der Waals surface area contributed by atoms with Crippen molar-refractivity contribution in [2.75, 3.05) is 0 Å². The van der Waals surface area contributed by atoms with Crippen LogP contribution in [0.4, 0.5) is 0 Å². The fraction of sp³-hybridized carbons (Fsp3) is 0.708. The van der Waals surface area contributed by atoms with Crippen LogP contribution in [0.1, 0.15) is 89.7 Å². The van der Waals surface area contributed by atoms with Gasteiger partial charge in [0.15, 0.2) is 5.05 Å². The van der Waals surface area contributed by atoms with Gasteiger partial charge in [-0.2, -0.15) is 0 Å². The van der Waals surface area contributed by atoms with Crippen molar-refractivity contribution in [3.8, 4) is 11.5 Å². The standard InChI is InChI=1S/C24H38O2SSi/c1-7-8-9-12-17-15-20-22(18-13-10-11-14-19(18)23(27)25-20)21(16-17)26-28(5,6)24(2,3)4/h15-16,18-19H,7-14H2,1-6H3/t18-,19-/m1/s1. The zero-order valence-corrected chi connectivity index (χ0v) is 20.5. The van der Waals surface area contributed by atoms with Gasteiger partial charge in [0.1, 0.15) is 11.5 Å². The first-order valence-electron chi connectivity index (χ1n) is 11.2. The van der Waals surface area contributed by atoms with Crippen molar-refractivity contribution in [1.29, 1.82) is 0 Å². The highest BCUT2D eigenvalue weighted by Gasteiger charge is 2.43. The molecule has 2 nitrogen and oxygen atoms in total. The molecule has 0 amide bonds. The molecule has 2 aliphatic rings. The van der Waals surface area contributed by atoms with Crippen LogP contribution in [0.5, 0.6) is 11.5 Å². The van der Waals surface area contributed by atoms with Gasteiger partial charge < -0.3 is 9.16 Å². The molecular formula is C24H38O2SSi. The van der Waals surface area contributed by atoms with Crippen LogP contribution in [-0.4, -0.2) is 13.4 Å². The van der Waals surface area contributed by atoms with Gasteiger partial charge in [-0.3, -0.25) is 0 Å². The van der Waals surface area contributed by atoms with Crippen molar-refractivity contribution in [2.24, 2.45) is 5.92 Å². The number of hydrogen-bond donors (Lipinski definition) is 0. The normalized spacial score (nSPS) is 22.3. The van der Waals surface area contributed by atoms with Gasteiger partial charge in [0.25, 0.3) is 0 Å². The summed E-state index contributed by atoms with van der Waals surface area (Å²) in [5.74, 6) is 2.92. The highest BCUT2D eigenvalue weighted by Crippen LogP contribution is 2.51. The van der Waals surface area contributed by atoms with E-state index in [0.29, 0.717) is 11.8 Å². The number of fused-ring (bicyclic) bond motifs is 3. The van der Waals surface area contributed by atoms with Gasteiger partial charge in [0.05, 0.1) is 0 Å². The first-order chi connectivity index (χ1) is 13.1. The molecule has 1 aromatic rings. The monoisotopic (exact) mass is 418 g/mol. The van der Waals surface area contributed by atoms with Crippen molar-refractivity contribution >= 4 is 25.6 Å². The summed E-state index contributed by atoms with van der Waals surface area (Å²) in [4.78, 5) is 0. The molecule has 0 radical (unpaired) electrons. The summed E-state index contributed by atoms with van der Waals surface area (Å²) in [6, 6.07) is 4.58. The van der Waals surface area contributed by atoms with Gasteiger partial charge in [-0.05, 0) is 73.7 Å². The lowest BCUT2D eigenvalue weighted by Gasteiger charge is -2.41. The molecule has 4 heteroatoms. The average molecular weight is 419 g/mol. The molecule has 1 fully saturated rings. The molecular weight excluding hydrogens is 380 g/mol. The molecule has 0 aromatic heterocycles. The maximum absolute atomic E-state index is 6.91. The SMILES string of the molecule is CCCCCc1cc2c(c(O[Si](C)(C)C(C)(C)C)c1)[C@@H]1CCCC[C@H]1C(=S)O2. The topological polar surface area (TPSA) is 18.5 Å². The third kappa shape index (κ3) is 4.48.